The molecule has 5 N–H and O–H groups in total. The standard InChI is InChI=1S/C39H54N6O6S3.2C2HF3O2/c1-4-44(18-14-40-13-7-29-5-6-32(46)34-35(29)54-38(49)42-34)33(47)10-21-50-20-9-30-23-28(24-52-30)8-15-43-16-11-39(12-17-43)26-45(19-22-51-39)37(48)31-25-53-36(41-31)27(2)3;2*3-2(4,5)1(6)7/h5-6,23-25,27,40,46H,4,7-22,26H2,1-3H3,(H,42,49);2*(H,6,7). The number of hydrogen-bond acceptors (Lipinski definition) is 14. The van der Waals surface area contributed by atoms with E-state index in [1.54, 1.807) is 28.7 Å². The van der Waals surface area contributed by atoms with Crippen LogP contribution in [-0.4, -0.2) is 160 Å². The van der Waals surface area contributed by atoms with Crippen molar-refractivity contribution in [2.75, 3.05) is 78.7 Å². The molecule has 0 atom stereocenters. The van der Waals surface area contributed by atoms with Gasteiger partial charge in [0.25, 0.3) is 5.91 Å². The molecule has 2 fully saturated rings. The van der Waals surface area contributed by atoms with Gasteiger partial charge in [0.1, 0.15) is 17.0 Å². The lowest BCUT2D eigenvalue weighted by molar-refractivity contribution is -0.193. The number of phenols is 1. The van der Waals surface area contributed by atoms with Gasteiger partial charge >= 0.3 is 29.2 Å². The Hall–Kier alpha value is -4.66. The van der Waals surface area contributed by atoms with Crippen molar-refractivity contribution in [1.82, 2.24) is 30.0 Å². The predicted octanol–water partition coefficient (Wildman–Crippen LogP) is 6.38. The van der Waals surface area contributed by atoms with Crippen molar-refractivity contribution in [3.8, 4) is 5.75 Å². The Balaban J connectivity index is 0.000000626. The third-order valence-electron chi connectivity index (χ3n) is 10.9. The minimum atomic E-state index is -5.08. The van der Waals surface area contributed by atoms with Crippen LogP contribution in [-0.2, 0) is 43.1 Å². The monoisotopic (exact) mass is 1030 g/mol. The van der Waals surface area contributed by atoms with Crippen molar-refractivity contribution in [3.05, 3.63) is 65.3 Å². The molecule has 3 aromatic heterocycles. The molecule has 16 nitrogen and oxygen atoms in total. The molecule has 68 heavy (non-hydrogen) atoms. The van der Waals surface area contributed by atoms with Crippen LogP contribution in [0.3, 0.4) is 0 Å². The zero-order valence-electron chi connectivity index (χ0n) is 37.7. The van der Waals surface area contributed by atoms with E-state index >= 15 is 0 Å². The Bertz CT molecular complexity index is 2300. The van der Waals surface area contributed by atoms with Crippen molar-refractivity contribution >= 4 is 68.0 Å². The average Bonchev–Trinajstić information content (AvgIpc) is 4.06. The van der Waals surface area contributed by atoms with Gasteiger partial charge in [-0.3, -0.25) is 14.4 Å². The van der Waals surface area contributed by atoms with Gasteiger partial charge in [0.05, 0.1) is 48.1 Å². The SMILES string of the molecule is CCN(CCNCCc1ccc(O)c2[nH]c(=O)sc12)C(=O)CCOCCc1cc(CCN2CCC3(CC2)CN(C(=O)c2csc(C(C)C)n2)CCO3)cs1.O=C(O)C(F)(F)F.O=C(O)C(F)(F)F. The van der Waals surface area contributed by atoms with E-state index in [0.717, 1.165) is 78.3 Å². The molecule has 0 unspecified atom stereocenters. The number of carboxylic acids is 2. The average molecular weight is 1030 g/mol. The number of halogens is 6. The Kier molecular flexibility index (Phi) is 21.2. The molecule has 0 aliphatic carbocycles. The van der Waals surface area contributed by atoms with Crippen molar-refractivity contribution in [2.45, 2.75) is 83.2 Å². The fourth-order valence-corrected chi connectivity index (χ4v) is 9.79. The molecule has 5 heterocycles. The number of H-pyrrole nitrogens is 1. The Morgan fingerprint density at radius 3 is 2.26 bits per heavy atom. The van der Waals surface area contributed by atoms with Gasteiger partial charge in [-0.1, -0.05) is 31.3 Å². The number of hydrogen-bond donors (Lipinski definition) is 5. The number of thiophene rings is 1. The summed E-state index contributed by atoms with van der Waals surface area (Å²) < 4.78 is 76.5. The fourth-order valence-electron chi connectivity index (χ4n) is 7.18. The van der Waals surface area contributed by atoms with Crippen molar-refractivity contribution < 1.29 is 70.3 Å². The summed E-state index contributed by atoms with van der Waals surface area (Å²) >= 11 is 4.46. The number of fused-ring (bicyclic) bond motifs is 1. The maximum Gasteiger partial charge on any atom is 0.490 e. The lowest BCUT2D eigenvalue weighted by atomic mass is 9.89. The number of aromatic amines is 1. The first-order valence-electron chi connectivity index (χ1n) is 21.7. The van der Waals surface area contributed by atoms with Gasteiger partial charge < -0.3 is 49.8 Å². The number of aromatic hydroxyl groups is 1. The Morgan fingerprint density at radius 1 is 0.971 bits per heavy atom. The van der Waals surface area contributed by atoms with Crippen molar-refractivity contribution in [2.24, 2.45) is 0 Å². The Labute approximate surface area is 399 Å². The van der Waals surface area contributed by atoms with Crippen LogP contribution in [0.1, 0.15) is 77.5 Å². The van der Waals surface area contributed by atoms with E-state index in [4.69, 9.17) is 29.3 Å². The summed E-state index contributed by atoms with van der Waals surface area (Å²) in [4.78, 5) is 70.3. The van der Waals surface area contributed by atoms with E-state index in [1.165, 1.54) is 10.4 Å². The van der Waals surface area contributed by atoms with E-state index in [2.05, 4.69) is 45.5 Å². The molecule has 0 bridgehead atoms. The number of thiazole rings is 2. The molecule has 0 saturated carbocycles. The number of benzene rings is 1. The third-order valence-corrected chi connectivity index (χ3v) is 14.1. The second-order valence-corrected chi connectivity index (χ2v) is 19.0. The highest BCUT2D eigenvalue weighted by Crippen LogP contribution is 2.32. The maximum atomic E-state index is 13.2. The summed E-state index contributed by atoms with van der Waals surface area (Å²) in [6.45, 7) is 14.6. The van der Waals surface area contributed by atoms with Crippen LogP contribution < -0.4 is 10.2 Å². The van der Waals surface area contributed by atoms with Crippen LogP contribution in [0.2, 0.25) is 0 Å². The second kappa shape index (κ2) is 25.8. The molecule has 25 heteroatoms. The quantitative estimate of drug-likeness (QED) is 0.0541. The maximum absolute atomic E-state index is 13.2. The number of likely N-dealkylation sites (N-methyl/N-ethyl adjacent to an activating group) is 1. The molecule has 1 aromatic carbocycles. The number of alkyl halides is 6. The number of carbonyl (C=O) groups excluding carboxylic acids is 2. The molecule has 4 aromatic rings. The highest BCUT2D eigenvalue weighted by Gasteiger charge is 2.42. The van der Waals surface area contributed by atoms with Gasteiger partial charge in [-0.25, -0.2) is 14.6 Å². The molecule has 2 saturated heterocycles. The third kappa shape index (κ3) is 17.4. The molecule has 1 spiro atoms. The Morgan fingerprint density at radius 2 is 1.65 bits per heavy atom. The van der Waals surface area contributed by atoms with Crippen LogP contribution in [0.5, 0.6) is 5.75 Å². The number of carbonyl (C=O) groups is 4. The number of nitrogens with one attached hydrogen (secondary N) is 2. The highest BCUT2D eigenvalue weighted by molar-refractivity contribution is 7.16. The van der Waals surface area contributed by atoms with Crippen molar-refractivity contribution in [1.29, 1.82) is 0 Å². The number of piperidine rings is 1. The molecular formula is C43H56F6N6O10S3. The van der Waals surface area contributed by atoms with E-state index in [-0.39, 0.29) is 28.0 Å². The predicted molar refractivity (Wildman–Crippen MR) is 244 cm³/mol. The van der Waals surface area contributed by atoms with Gasteiger partial charge in [0.2, 0.25) is 5.91 Å². The lowest BCUT2D eigenvalue weighted by Crippen LogP contribution is -2.58. The number of likely N-dealkylation sites (tertiary alicyclic amines) is 1. The van der Waals surface area contributed by atoms with E-state index < -0.39 is 24.3 Å². The molecule has 2 amide bonds. The lowest BCUT2D eigenvalue weighted by Gasteiger charge is -2.47. The summed E-state index contributed by atoms with van der Waals surface area (Å²) in [7, 11) is 0. The highest BCUT2D eigenvalue weighted by atomic mass is 32.1. The first-order valence-corrected chi connectivity index (χ1v) is 24.3. The smallest absolute Gasteiger partial charge is 0.490 e. The summed E-state index contributed by atoms with van der Waals surface area (Å²) in [5, 5.41) is 32.8. The number of ether oxygens (including phenoxy) is 2. The second-order valence-electron chi connectivity index (χ2n) is 16.2. The van der Waals surface area contributed by atoms with Crippen LogP contribution >= 0.6 is 34.0 Å². The number of carboxylic acid groups (broad SMARTS) is 2. The zero-order chi connectivity index (χ0) is 50.2. The van der Waals surface area contributed by atoms with E-state index in [0.29, 0.717) is 82.6 Å². The number of morpholine rings is 1. The van der Waals surface area contributed by atoms with Crippen LogP contribution in [0, 0.1) is 0 Å². The number of aliphatic carboxylic acids is 2. The molecule has 0 radical (unpaired) electrons. The molecular weight excluding hydrogens is 971 g/mol. The van der Waals surface area contributed by atoms with Crippen molar-refractivity contribution in [3.63, 3.8) is 0 Å². The van der Waals surface area contributed by atoms with Gasteiger partial charge in [-0.05, 0) is 67.8 Å². The summed E-state index contributed by atoms with van der Waals surface area (Å²) in [5.74, 6) is -4.98. The molecule has 2 aliphatic rings. The summed E-state index contributed by atoms with van der Waals surface area (Å²) in [5.41, 5.74) is 3.17. The van der Waals surface area contributed by atoms with Gasteiger partial charge in [0, 0.05) is 68.4 Å². The van der Waals surface area contributed by atoms with E-state index in [1.807, 2.05) is 28.2 Å². The summed E-state index contributed by atoms with van der Waals surface area (Å²) in [6.07, 6.45) is -5.38. The minimum absolute atomic E-state index is 0.0280. The first kappa shape index (κ1) is 55.9. The number of nitrogens with zero attached hydrogens (tertiary/aromatic N) is 4. The number of aromatic nitrogens is 2. The summed E-state index contributed by atoms with van der Waals surface area (Å²) in [6, 6.07) is 5.76. The zero-order valence-corrected chi connectivity index (χ0v) is 40.1. The van der Waals surface area contributed by atoms with Gasteiger partial charge in [-0.2, -0.15) is 26.3 Å². The minimum Gasteiger partial charge on any atom is -0.506 e. The first-order chi connectivity index (χ1) is 32.0. The molecule has 6 rings (SSSR count). The topological polar surface area (TPSA) is 215 Å². The molecule has 2 aliphatic heterocycles. The van der Waals surface area contributed by atoms with Crippen LogP contribution in [0.4, 0.5) is 26.3 Å². The fraction of sp³-hybridized carbons (Fsp3) is 0.581. The van der Waals surface area contributed by atoms with Crippen LogP contribution in [0.15, 0.2) is 33.8 Å². The van der Waals surface area contributed by atoms with Crippen LogP contribution in [0.25, 0.3) is 10.2 Å². The normalized spacial score (nSPS) is 15.2. The molecule has 378 valence electrons. The number of amides is 2. The van der Waals surface area contributed by atoms with Gasteiger partial charge in [0.15, 0.2) is 0 Å². The largest absolute Gasteiger partial charge is 0.506 e. The van der Waals surface area contributed by atoms with Gasteiger partial charge in [-0.15, -0.1) is 22.7 Å². The number of rotatable bonds is 18. The number of phenolic OH excluding ortho intramolecular Hbond substituents is 1. The van der Waals surface area contributed by atoms with E-state index in [9.17, 15) is 45.8 Å².